The highest BCUT2D eigenvalue weighted by atomic mass is 16.5. The number of rotatable bonds is 6. The van der Waals surface area contributed by atoms with Gasteiger partial charge in [-0.15, -0.1) is 0 Å². The zero-order chi connectivity index (χ0) is 17.8. The summed E-state index contributed by atoms with van der Waals surface area (Å²) < 4.78 is 9.40. The van der Waals surface area contributed by atoms with Crippen LogP contribution >= 0.6 is 0 Å². The molecule has 1 aliphatic rings. The van der Waals surface area contributed by atoms with Crippen LogP contribution < -0.4 is 5.32 Å². The van der Waals surface area contributed by atoms with Crippen LogP contribution in [0.5, 0.6) is 0 Å². The number of morpholine rings is 1. The van der Waals surface area contributed by atoms with Gasteiger partial charge >= 0.3 is 0 Å². The highest BCUT2D eigenvalue weighted by Crippen LogP contribution is 2.14. The SMILES string of the molecule is CC(C)CN1CCO[C@@H](CNC(=O)c2cnn(C)c2-n2cccc2)C1. The van der Waals surface area contributed by atoms with Crippen LogP contribution in [0, 0.1) is 5.92 Å². The average Bonchev–Trinajstić information content (AvgIpc) is 3.21. The minimum absolute atomic E-state index is 0.0307. The molecule has 0 unspecified atom stereocenters. The Kier molecular flexibility index (Phi) is 5.55. The smallest absolute Gasteiger partial charge is 0.256 e. The number of ether oxygens (including phenoxy) is 1. The van der Waals surface area contributed by atoms with E-state index in [0.29, 0.717) is 18.0 Å². The van der Waals surface area contributed by atoms with E-state index < -0.39 is 0 Å². The molecule has 0 aromatic carbocycles. The fourth-order valence-corrected chi connectivity index (χ4v) is 3.26. The summed E-state index contributed by atoms with van der Waals surface area (Å²) in [6, 6.07) is 3.85. The molecule has 1 atom stereocenters. The molecule has 7 heteroatoms. The van der Waals surface area contributed by atoms with Crippen molar-refractivity contribution in [1.82, 2.24) is 24.6 Å². The first-order valence-corrected chi connectivity index (χ1v) is 8.82. The third-order valence-electron chi connectivity index (χ3n) is 4.34. The minimum atomic E-state index is -0.124. The summed E-state index contributed by atoms with van der Waals surface area (Å²) >= 11 is 0. The second-order valence-electron chi connectivity index (χ2n) is 6.95. The molecular weight excluding hydrogens is 318 g/mol. The molecule has 0 saturated carbocycles. The summed E-state index contributed by atoms with van der Waals surface area (Å²) in [7, 11) is 1.83. The van der Waals surface area contributed by atoms with Gasteiger partial charge in [-0.25, -0.2) is 0 Å². The van der Waals surface area contributed by atoms with Crippen molar-refractivity contribution in [3.63, 3.8) is 0 Å². The van der Waals surface area contributed by atoms with Crippen LogP contribution in [0.3, 0.4) is 0 Å². The summed E-state index contributed by atoms with van der Waals surface area (Å²) in [5.74, 6) is 1.27. The molecule has 1 aliphatic heterocycles. The summed E-state index contributed by atoms with van der Waals surface area (Å²) in [6.45, 7) is 8.55. The Morgan fingerprint density at radius 3 is 2.88 bits per heavy atom. The van der Waals surface area contributed by atoms with Gasteiger partial charge in [0.15, 0.2) is 0 Å². The standard InChI is InChI=1S/C18H27N5O2/c1-14(2)12-22-8-9-25-15(13-22)10-19-17(24)16-11-20-21(3)18(16)23-6-4-5-7-23/h4-7,11,14-15H,8-10,12-13H2,1-3H3,(H,19,24)/t15-/m0/s1. The van der Waals surface area contributed by atoms with Crippen LogP contribution in [-0.2, 0) is 11.8 Å². The van der Waals surface area contributed by atoms with Gasteiger partial charge in [0.05, 0.1) is 18.9 Å². The van der Waals surface area contributed by atoms with Gasteiger partial charge in [0.25, 0.3) is 5.91 Å². The van der Waals surface area contributed by atoms with Gasteiger partial charge in [-0.05, 0) is 18.1 Å². The molecule has 2 aromatic heterocycles. The number of aryl methyl sites for hydroxylation is 1. The predicted molar refractivity (Wildman–Crippen MR) is 95.9 cm³/mol. The molecule has 0 spiro atoms. The monoisotopic (exact) mass is 345 g/mol. The number of hydrogen-bond acceptors (Lipinski definition) is 4. The third kappa shape index (κ3) is 4.29. The molecule has 1 saturated heterocycles. The van der Waals surface area contributed by atoms with E-state index in [9.17, 15) is 4.79 Å². The van der Waals surface area contributed by atoms with Crippen LogP contribution in [-0.4, -0.2) is 64.0 Å². The Morgan fingerprint density at radius 2 is 2.16 bits per heavy atom. The Labute approximate surface area is 148 Å². The molecule has 0 bridgehead atoms. The summed E-state index contributed by atoms with van der Waals surface area (Å²) in [5.41, 5.74) is 0.563. The third-order valence-corrected chi connectivity index (χ3v) is 4.34. The predicted octanol–water partition coefficient (Wildman–Crippen LogP) is 1.30. The maximum Gasteiger partial charge on any atom is 0.256 e. The Morgan fingerprint density at radius 1 is 1.40 bits per heavy atom. The number of carbonyl (C=O) groups is 1. The molecule has 1 amide bonds. The Bertz CT molecular complexity index is 692. The molecule has 3 rings (SSSR count). The van der Waals surface area contributed by atoms with Crippen molar-refractivity contribution in [3.05, 3.63) is 36.3 Å². The lowest BCUT2D eigenvalue weighted by Crippen LogP contribution is -2.48. The zero-order valence-electron chi connectivity index (χ0n) is 15.2. The van der Waals surface area contributed by atoms with Gasteiger partial charge in [0.2, 0.25) is 0 Å². The van der Waals surface area contributed by atoms with Gasteiger partial charge in [-0.1, -0.05) is 13.8 Å². The van der Waals surface area contributed by atoms with E-state index in [1.165, 1.54) is 0 Å². The molecule has 25 heavy (non-hydrogen) atoms. The highest BCUT2D eigenvalue weighted by molar-refractivity contribution is 5.97. The Balaban J connectivity index is 1.60. The number of nitrogens with one attached hydrogen (secondary N) is 1. The minimum Gasteiger partial charge on any atom is -0.374 e. The topological polar surface area (TPSA) is 64.3 Å². The summed E-state index contributed by atoms with van der Waals surface area (Å²) in [6.07, 6.45) is 5.45. The maximum absolute atomic E-state index is 12.6. The lowest BCUT2D eigenvalue weighted by atomic mass is 10.2. The second-order valence-corrected chi connectivity index (χ2v) is 6.95. The fourth-order valence-electron chi connectivity index (χ4n) is 3.26. The van der Waals surface area contributed by atoms with Crippen molar-refractivity contribution in [2.24, 2.45) is 13.0 Å². The van der Waals surface area contributed by atoms with Crippen LogP contribution in [0.2, 0.25) is 0 Å². The molecule has 1 N–H and O–H groups in total. The van der Waals surface area contributed by atoms with Gasteiger partial charge in [-0.2, -0.15) is 5.10 Å². The summed E-state index contributed by atoms with van der Waals surface area (Å²) in [4.78, 5) is 15.0. The van der Waals surface area contributed by atoms with Gasteiger partial charge < -0.3 is 14.6 Å². The van der Waals surface area contributed by atoms with Crippen molar-refractivity contribution in [2.75, 3.05) is 32.8 Å². The fraction of sp³-hybridized carbons (Fsp3) is 0.556. The van der Waals surface area contributed by atoms with Gasteiger partial charge in [0.1, 0.15) is 11.4 Å². The van der Waals surface area contributed by atoms with E-state index in [0.717, 1.165) is 32.1 Å². The van der Waals surface area contributed by atoms with Gasteiger partial charge in [0, 0.05) is 45.6 Å². The number of carbonyl (C=O) groups excluding carboxylic acids is 1. The van der Waals surface area contributed by atoms with Crippen molar-refractivity contribution >= 4 is 5.91 Å². The van der Waals surface area contributed by atoms with E-state index in [2.05, 4.69) is 29.2 Å². The number of amides is 1. The summed E-state index contributed by atoms with van der Waals surface area (Å²) in [5, 5.41) is 7.23. The number of nitrogens with zero attached hydrogens (tertiary/aromatic N) is 4. The molecule has 136 valence electrons. The van der Waals surface area contributed by atoms with Crippen molar-refractivity contribution in [3.8, 4) is 5.82 Å². The Hall–Kier alpha value is -2.12. The lowest BCUT2D eigenvalue weighted by molar-refractivity contribution is -0.0295. The average molecular weight is 345 g/mol. The first-order valence-electron chi connectivity index (χ1n) is 8.82. The van der Waals surface area contributed by atoms with Crippen molar-refractivity contribution in [2.45, 2.75) is 20.0 Å². The van der Waals surface area contributed by atoms with Crippen LogP contribution in [0.25, 0.3) is 5.82 Å². The maximum atomic E-state index is 12.6. The van der Waals surface area contributed by atoms with Crippen LogP contribution in [0.1, 0.15) is 24.2 Å². The highest BCUT2D eigenvalue weighted by Gasteiger charge is 2.23. The molecule has 1 fully saturated rings. The van der Waals surface area contributed by atoms with Crippen LogP contribution in [0.4, 0.5) is 0 Å². The quantitative estimate of drug-likeness (QED) is 0.857. The van der Waals surface area contributed by atoms with E-state index in [1.807, 2.05) is 36.1 Å². The largest absolute Gasteiger partial charge is 0.374 e. The van der Waals surface area contributed by atoms with E-state index in [-0.39, 0.29) is 12.0 Å². The normalized spacial score (nSPS) is 18.6. The molecule has 7 nitrogen and oxygen atoms in total. The molecular formula is C18H27N5O2. The second kappa shape index (κ2) is 7.84. The molecule has 0 radical (unpaired) electrons. The van der Waals surface area contributed by atoms with E-state index >= 15 is 0 Å². The number of aromatic nitrogens is 3. The zero-order valence-corrected chi connectivity index (χ0v) is 15.2. The molecule has 3 heterocycles. The van der Waals surface area contributed by atoms with Crippen LogP contribution in [0.15, 0.2) is 30.7 Å². The molecule has 2 aromatic rings. The lowest BCUT2D eigenvalue weighted by Gasteiger charge is -2.33. The van der Waals surface area contributed by atoms with E-state index in [1.54, 1.807) is 10.9 Å². The molecule has 0 aliphatic carbocycles. The van der Waals surface area contributed by atoms with Gasteiger partial charge in [-0.3, -0.25) is 14.4 Å². The number of hydrogen-bond donors (Lipinski definition) is 1. The van der Waals surface area contributed by atoms with E-state index in [4.69, 9.17) is 4.74 Å². The van der Waals surface area contributed by atoms with Crippen molar-refractivity contribution < 1.29 is 9.53 Å². The first-order chi connectivity index (χ1) is 12.0. The van der Waals surface area contributed by atoms with Crippen molar-refractivity contribution in [1.29, 1.82) is 0 Å². The first kappa shape index (κ1) is 17.7.